The van der Waals surface area contributed by atoms with Gasteiger partial charge in [0.2, 0.25) is 5.91 Å². The normalized spacial score (nSPS) is 24.1. The van der Waals surface area contributed by atoms with E-state index in [1.54, 1.807) is 0 Å². The summed E-state index contributed by atoms with van der Waals surface area (Å²) >= 11 is 0. The van der Waals surface area contributed by atoms with Crippen LogP contribution < -0.4 is 0 Å². The number of amides is 1. The molecule has 0 fully saturated rings. The van der Waals surface area contributed by atoms with Gasteiger partial charge in [-0.15, -0.1) is 0 Å². The van der Waals surface area contributed by atoms with Crippen molar-refractivity contribution in [2.45, 2.75) is 19.8 Å². The molecule has 2 aliphatic heterocycles. The average molecular weight is 194 g/mol. The minimum atomic E-state index is 0.316. The Labute approximate surface area is 85.4 Å². The lowest BCUT2D eigenvalue weighted by atomic mass is 9.93. The van der Waals surface area contributed by atoms with Crippen LogP contribution >= 0.6 is 0 Å². The molecule has 0 aromatic heterocycles. The van der Waals surface area contributed by atoms with Crippen molar-refractivity contribution in [3.63, 3.8) is 0 Å². The Kier molecular flexibility index (Phi) is 2.59. The fourth-order valence-corrected chi connectivity index (χ4v) is 2.30. The average Bonchev–Trinajstić information content (AvgIpc) is 2.17. The quantitative estimate of drug-likeness (QED) is 0.578. The fourth-order valence-electron chi connectivity index (χ4n) is 2.30. The highest BCUT2D eigenvalue weighted by atomic mass is 16.2. The molecule has 0 bridgehead atoms. The number of likely N-dealkylation sites (N-methyl/N-ethyl adjacent to an activating group) is 2. The summed E-state index contributed by atoms with van der Waals surface area (Å²) in [5.41, 5.74) is 2.90. The molecule has 0 aliphatic carbocycles. The second-order valence-corrected chi connectivity index (χ2v) is 4.28. The van der Waals surface area contributed by atoms with Gasteiger partial charge in [-0.2, -0.15) is 0 Å². The van der Waals surface area contributed by atoms with Crippen LogP contribution in [0, 0.1) is 0 Å². The lowest BCUT2D eigenvalue weighted by Crippen LogP contribution is -2.42. The first-order valence-corrected chi connectivity index (χ1v) is 5.36. The van der Waals surface area contributed by atoms with E-state index in [0.29, 0.717) is 12.3 Å². The van der Waals surface area contributed by atoms with E-state index in [1.165, 1.54) is 11.1 Å². The van der Waals surface area contributed by atoms with Crippen molar-refractivity contribution in [1.29, 1.82) is 0 Å². The highest BCUT2D eigenvalue weighted by molar-refractivity contribution is 5.80. The van der Waals surface area contributed by atoms with Crippen molar-refractivity contribution >= 4 is 5.91 Å². The summed E-state index contributed by atoms with van der Waals surface area (Å²) in [6, 6.07) is 0. The molecule has 3 heteroatoms. The minimum Gasteiger partial charge on any atom is -0.339 e. The van der Waals surface area contributed by atoms with Gasteiger partial charge in [0.15, 0.2) is 0 Å². The van der Waals surface area contributed by atoms with Gasteiger partial charge in [-0.25, -0.2) is 0 Å². The second kappa shape index (κ2) is 3.73. The molecular weight excluding hydrogens is 176 g/mol. The Morgan fingerprint density at radius 3 is 2.79 bits per heavy atom. The van der Waals surface area contributed by atoms with Gasteiger partial charge in [-0.1, -0.05) is 5.57 Å². The molecule has 0 radical (unpaired) electrons. The Balaban J connectivity index is 2.16. The van der Waals surface area contributed by atoms with E-state index in [9.17, 15) is 4.79 Å². The zero-order valence-electron chi connectivity index (χ0n) is 9.05. The van der Waals surface area contributed by atoms with Crippen molar-refractivity contribution in [2.75, 3.05) is 33.2 Å². The zero-order valence-corrected chi connectivity index (χ0v) is 9.05. The molecule has 78 valence electrons. The third kappa shape index (κ3) is 1.69. The Hall–Kier alpha value is -0.830. The van der Waals surface area contributed by atoms with E-state index in [0.717, 1.165) is 32.6 Å². The van der Waals surface area contributed by atoms with Crippen LogP contribution in [0.1, 0.15) is 19.8 Å². The van der Waals surface area contributed by atoms with Crippen LogP contribution in [0.15, 0.2) is 11.1 Å². The monoisotopic (exact) mass is 194 g/mol. The number of hydrogen-bond donors (Lipinski definition) is 0. The van der Waals surface area contributed by atoms with Crippen molar-refractivity contribution < 1.29 is 4.79 Å². The lowest BCUT2D eigenvalue weighted by Gasteiger charge is -2.35. The largest absolute Gasteiger partial charge is 0.339 e. The molecule has 1 amide bonds. The van der Waals surface area contributed by atoms with Gasteiger partial charge in [0.1, 0.15) is 0 Å². The van der Waals surface area contributed by atoms with E-state index in [2.05, 4.69) is 18.9 Å². The maximum Gasteiger partial charge on any atom is 0.226 e. The third-order valence-corrected chi connectivity index (χ3v) is 3.24. The topological polar surface area (TPSA) is 23.6 Å². The van der Waals surface area contributed by atoms with Gasteiger partial charge in [0.05, 0.1) is 0 Å². The van der Waals surface area contributed by atoms with Crippen LogP contribution in [0.2, 0.25) is 0 Å². The molecule has 3 nitrogen and oxygen atoms in total. The van der Waals surface area contributed by atoms with Crippen LogP contribution in [-0.4, -0.2) is 48.9 Å². The van der Waals surface area contributed by atoms with E-state index in [-0.39, 0.29) is 0 Å². The van der Waals surface area contributed by atoms with E-state index in [4.69, 9.17) is 0 Å². The number of carbonyl (C=O) groups excluding carboxylic acids is 1. The fraction of sp³-hybridized carbons (Fsp3) is 0.727. The summed E-state index contributed by atoms with van der Waals surface area (Å²) in [6.07, 6.45) is 1.77. The van der Waals surface area contributed by atoms with Gasteiger partial charge >= 0.3 is 0 Å². The van der Waals surface area contributed by atoms with Crippen LogP contribution in [0.25, 0.3) is 0 Å². The third-order valence-electron chi connectivity index (χ3n) is 3.24. The maximum atomic E-state index is 11.6. The summed E-state index contributed by atoms with van der Waals surface area (Å²) in [7, 11) is 2.15. The van der Waals surface area contributed by atoms with E-state index < -0.39 is 0 Å². The molecule has 0 unspecified atom stereocenters. The predicted molar refractivity (Wildman–Crippen MR) is 56.0 cm³/mol. The summed E-state index contributed by atoms with van der Waals surface area (Å²) in [5, 5.41) is 0. The maximum absolute atomic E-state index is 11.6. The number of hydrogen-bond acceptors (Lipinski definition) is 2. The molecule has 2 aliphatic rings. The standard InChI is InChI=1S/C11H18N2O/c1-3-13-8-10-7-12(2)5-4-9(10)6-11(13)14/h3-8H2,1-2H3. The molecular formula is C11H18N2O. The summed E-state index contributed by atoms with van der Waals surface area (Å²) in [5.74, 6) is 0.316. The van der Waals surface area contributed by atoms with Gasteiger partial charge < -0.3 is 9.80 Å². The molecule has 0 N–H and O–H groups in total. The van der Waals surface area contributed by atoms with Crippen LogP contribution in [0.3, 0.4) is 0 Å². The molecule has 0 atom stereocenters. The Morgan fingerprint density at radius 1 is 1.29 bits per heavy atom. The van der Waals surface area contributed by atoms with Crippen molar-refractivity contribution in [1.82, 2.24) is 9.80 Å². The predicted octanol–water partition coefficient (Wildman–Crippen LogP) is 0.871. The first-order valence-electron chi connectivity index (χ1n) is 5.36. The Morgan fingerprint density at radius 2 is 2.07 bits per heavy atom. The van der Waals surface area contributed by atoms with Crippen molar-refractivity contribution in [2.24, 2.45) is 0 Å². The molecule has 0 aromatic carbocycles. The van der Waals surface area contributed by atoms with Crippen LogP contribution in [0.4, 0.5) is 0 Å². The molecule has 2 rings (SSSR count). The molecule has 0 aromatic rings. The minimum absolute atomic E-state index is 0.316. The van der Waals surface area contributed by atoms with Gasteiger partial charge in [-0.3, -0.25) is 4.79 Å². The van der Waals surface area contributed by atoms with Gasteiger partial charge in [-0.05, 0) is 26.0 Å². The van der Waals surface area contributed by atoms with Crippen LogP contribution in [-0.2, 0) is 4.79 Å². The number of carbonyl (C=O) groups is 1. The summed E-state index contributed by atoms with van der Waals surface area (Å²) < 4.78 is 0. The smallest absolute Gasteiger partial charge is 0.226 e. The molecule has 0 saturated heterocycles. The van der Waals surface area contributed by atoms with E-state index >= 15 is 0 Å². The lowest BCUT2D eigenvalue weighted by molar-refractivity contribution is -0.130. The molecule has 2 heterocycles. The highest BCUT2D eigenvalue weighted by Crippen LogP contribution is 2.25. The molecule has 14 heavy (non-hydrogen) atoms. The first-order chi connectivity index (χ1) is 6.70. The van der Waals surface area contributed by atoms with Crippen molar-refractivity contribution in [3.05, 3.63) is 11.1 Å². The van der Waals surface area contributed by atoms with Gasteiger partial charge in [0, 0.05) is 32.6 Å². The summed E-state index contributed by atoms with van der Waals surface area (Å²) in [6.45, 7) is 5.93. The van der Waals surface area contributed by atoms with E-state index in [1.807, 2.05) is 4.90 Å². The Bertz CT molecular complexity index is 283. The highest BCUT2D eigenvalue weighted by Gasteiger charge is 2.26. The SMILES string of the molecule is CCN1CC2=C(CCN(C)C2)CC1=O. The van der Waals surface area contributed by atoms with Crippen LogP contribution in [0.5, 0.6) is 0 Å². The first kappa shape index (κ1) is 9.71. The number of rotatable bonds is 1. The van der Waals surface area contributed by atoms with Gasteiger partial charge in [0.25, 0.3) is 0 Å². The van der Waals surface area contributed by atoms with Crippen molar-refractivity contribution in [3.8, 4) is 0 Å². The second-order valence-electron chi connectivity index (χ2n) is 4.28. The number of nitrogens with zero attached hydrogens (tertiary/aromatic N) is 2. The molecule has 0 spiro atoms. The molecule has 0 saturated carbocycles. The zero-order chi connectivity index (χ0) is 10.1. The summed E-state index contributed by atoms with van der Waals surface area (Å²) in [4.78, 5) is 15.9.